The molecule has 1 aromatic carbocycles. The van der Waals surface area contributed by atoms with Crippen molar-refractivity contribution in [3.05, 3.63) is 28.5 Å². The summed E-state index contributed by atoms with van der Waals surface area (Å²) >= 11 is 3.11. The van der Waals surface area contributed by atoms with E-state index in [2.05, 4.69) is 15.9 Å². The van der Waals surface area contributed by atoms with Crippen molar-refractivity contribution < 1.29 is 9.13 Å². The molecule has 0 radical (unpaired) electrons. The maximum atomic E-state index is 12.9. The summed E-state index contributed by atoms with van der Waals surface area (Å²) in [4.78, 5) is 0. The first-order chi connectivity index (χ1) is 5.61. The third kappa shape index (κ3) is 2.21. The number of hydrogen-bond donors (Lipinski definition) is 0. The van der Waals surface area contributed by atoms with Gasteiger partial charge in [-0.2, -0.15) is 0 Å². The van der Waals surface area contributed by atoms with Crippen molar-refractivity contribution in [2.75, 3.05) is 0 Å². The van der Waals surface area contributed by atoms with Crippen molar-refractivity contribution >= 4 is 15.9 Å². The molecule has 0 N–H and O–H groups in total. The van der Waals surface area contributed by atoms with Gasteiger partial charge in [0.05, 0.1) is 10.6 Å². The minimum atomic E-state index is -0.298. The Hall–Kier alpha value is -0.570. The molecule has 0 spiro atoms. The van der Waals surface area contributed by atoms with E-state index >= 15 is 0 Å². The van der Waals surface area contributed by atoms with Crippen LogP contribution in [0.3, 0.4) is 0 Å². The molecule has 0 unspecified atom stereocenters. The van der Waals surface area contributed by atoms with Gasteiger partial charge in [-0.05, 0) is 41.9 Å². The zero-order valence-corrected chi connectivity index (χ0v) is 8.56. The molecular formula is C9H10BrFO. The van der Waals surface area contributed by atoms with Gasteiger partial charge in [0.25, 0.3) is 0 Å². The molecule has 0 saturated carbocycles. The van der Waals surface area contributed by atoms with Gasteiger partial charge in [-0.25, -0.2) is 4.39 Å². The predicted octanol–water partition coefficient (Wildman–Crippen LogP) is 3.38. The molecule has 0 aliphatic heterocycles. The molecule has 1 aromatic rings. The SMILES string of the molecule is CC(C)Oc1cccc(F)c1Br. The van der Waals surface area contributed by atoms with Gasteiger partial charge >= 0.3 is 0 Å². The van der Waals surface area contributed by atoms with Crippen molar-refractivity contribution in [1.82, 2.24) is 0 Å². The topological polar surface area (TPSA) is 9.23 Å². The van der Waals surface area contributed by atoms with Crippen molar-refractivity contribution in [3.63, 3.8) is 0 Å². The van der Waals surface area contributed by atoms with E-state index in [-0.39, 0.29) is 11.9 Å². The normalized spacial score (nSPS) is 10.4. The van der Waals surface area contributed by atoms with E-state index in [0.717, 1.165) is 0 Å². The van der Waals surface area contributed by atoms with Gasteiger partial charge in [-0.3, -0.25) is 0 Å². The lowest BCUT2D eigenvalue weighted by molar-refractivity contribution is 0.239. The summed E-state index contributed by atoms with van der Waals surface area (Å²) in [5.41, 5.74) is 0. The highest BCUT2D eigenvalue weighted by Crippen LogP contribution is 2.27. The van der Waals surface area contributed by atoms with Gasteiger partial charge in [-0.1, -0.05) is 6.07 Å². The van der Waals surface area contributed by atoms with Crippen LogP contribution in [0.2, 0.25) is 0 Å². The summed E-state index contributed by atoms with van der Waals surface area (Å²) in [5, 5.41) is 0. The average Bonchev–Trinajstić information content (AvgIpc) is 1.98. The minimum absolute atomic E-state index is 0.0584. The van der Waals surface area contributed by atoms with E-state index in [9.17, 15) is 4.39 Å². The Morgan fingerprint density at radius 1 is 1.42 bits per heavy atom. The van der Waals surface area contributed by atoms with E-state index in [1.54, 1.807) is 12.1 Å². The molecule has 66 valence electrons. The first-order valence-corrected chi connectivity index (χ1v) is 4.51. The highest BCUT2D eigenvalue weighted by Gasteiger charge is 2.06. The van der Waals surface area contributed by atoms with Gasteiger partial charge in [0.15, 0.2) is 0 Å². The molecule has 0 aliphatic rings. The molecule has 0 aliphatic carbocycles. The van der Waals surface area contributed by atoms with Crippen LogP contribution in [0.5, 0.6) is 5.75 Å². The molecule has 1 rings (SSSR count). The molecular weight excluding hydrogens is 223 g/mol. The Morgan fingerprint density at radius 2 is 2.08 bits per heavy atom. The van der Waals surface area contributed by atoms with E-state index in [1.807, 2.05) is 13.8 Å². The van der Waals surface area contributed by atoms with Crippen LogP contribution in [0.25, 0.3) is 0 Å². The molecule has 3 heteroatoms. The van der Waals surface area contributed by atoms with Crippen LogP contribution in [0.15, 0.2) is 22.7 Å². The summed E-state index contributed by atoms with van der Waals surface area (Å²) in [6, 6.07) is 4.74. The van der Waals surface area contributed by atoms with Crippen LogP contribution >= 0.6 is 15.9 Å². The molecule has 1 nitrogen and oxygen atoms in total. The number of ether oxygens (including phenoxy) is 1. The molecule has 0 atom stereocenters. The second kappa shape index (κ2) is 3.90. The third-order valence-corrected chi connectivity index (χ3v) is 2.05. The maximum absolute atomic E-state index is 12.9. The van der Waals surface area contributed by atoms with Crippen LogP contribution in [-0.2, 0) is 0 Å². The van der Waals surface area contributed by atoms with Crippen molar-refractivity contribution in [3.8, 4) is 5.75 Å². The lowest BCUT2D eigenvalue weighted by Gasteiger charge is -2.11. The van der Waals surface area contributed by atoms with Crippen LogP contribution in [0.1, 0.15) is 13.8 Å². The second-order valence-corrected chi connectivity index (χ2v) is 3.51. The van der Waals surface area contributed by atoms with Crippen molar-refractivity contribution in [1.29, 1.82) is 0 Å². The summed E-state index contributed by atoms with van der Waals surface area (Å²) in [7, 11) is 0. The Labute approximate surface area is 79.7 Å². The lowest BCUT2D eigenvalue weighted by atomic mass is 10.3. The van der Waals surface area contributed by atoms with Gasteiger partial charge in [0, 0.05) is 0 Å². The Morgan fingerprint density at radius 3 is 2.67 bits per heavy atom. The Kier molecular flexibility index (Phi) is 3.09. The van der Waals surface area contributed by atoms with Crippen LogP contribution in [0.4, 0.5) is 4.39 Å². The van der Waals surface area contributed by atoms with Gasteiger partial charge in [0.1, 0.15) is 11.6 Å². The molecule has 0 aromatic heterocycles. The summed E-state index contributed by atoms with van der Waals surface area (Å²) in [6.07, 6.45) is 0.0584. The Balaban J connectivity index is 2.92. The zero-order chi connectivity index (χ0) is 9.14. The molecule has 0 saturated heterocycles. The number of hydrogen-bond acceptors (Lipinski definition) is 1. The van der Waals surface area contributed by atoms with Gasteiger partial charge < -0.3 is 4.74 Å². The fourth-order valence-corrected chi connectivity index (χ4v) is 1.19. The second-order valence-electron chi connectivity index (χ2n) is 2.72. The zero-order valence-electron chi connectivity index (χ0n) is 6.97. The average molecular weight is 233 g/mol. The first-order valence-electron chi connectivity index (χ1n) is 3.72. The summed E-state index contributed by atoms with van der Waals surface area (Å²) in [5.74, 6) is 0.248. The van der Waals surface area contributed by atoms with Crippen molar-refractivity contribution in [2.45, 2.75) is 20.0 Å². The van der Waals surface area contributed by atoms with E-state index < -0.39 is 0 Å². The maximum Gasteiger partial charge on any atom is 0.141 e. The number of rotatable bonds is 2. The molecule has 12 heavy (non-hydrogen) atoms. The van der Waals surface area contributed by atoms with Gasteiger partial charge in [0.2, 0.25) is 0 Å². The number of benzene rings is 1. The lowest BCUT2D eigenvalue weighted by Crippen LogP contribution is -2.06. The van der Waals surface area contributed by atoms with E-state index in [4.69, 9.17) is 4.74 Å². The largest absolute Gasteiger partial charge is 0.490 e. The smallest absolute Gasteiger partial charge is 0.141 e. The first kappa shape index (κ1) is 9.52. The molecule has 0 amide bonds. The fourth-order valence-electron chi connectivity index (χ4n) is 0.829. The summed E-state index contributed by atoms with van der Waals surface area (Å²) in [6.45, 7) is 3.80. The third-order valence-electron chi connectivity index (χ3n) is 1.28. The highest BCUT2D eigenvalue weighted by atomic mass is 79.9. The minimum Gasteiger partial charge on any atom is -0.490 e. The quantitative estimate of drug-likeness (QED) is 0.760. The van der Waals surface area contributed by atoms with Crippen LogP contribution < -0.4 is 4.74 Å². The Bertz CT molecular complexity index is 273. The highest BCUT2D eigenvalue weighted by molar-refractivity contribution is 9.10. The standard InChI is InChI=1S/C9H10BrFO/c1-6(2)12-8-5-3-4-7(11)9(8)10/h3-6H,1-2H3. The predicted molar refractivity (Wildman–Crippen MR) is 49.9 cm³/mol. The molecule has 0 bridgehead atoms. The fraction of sp³-hybridized carbons (Fsp3) is 0.333. The number of halogens is 2. The van der Waals surface area contributed by atoms with Crippen molar-refractivity contribution in [2.24, 2.45) is 0 Å². The van der Waals surface area contributed by atoms with E-state index in [1.165, 1.54) is 6.07 Å². The summed E-state index contributed by atoms with van der Waals surface area (Å²) < 4.78 is 18.6. The molecule has 0 fully saturated rings. The van der Waals surface area contributed by atoms with Crippen LogP contribution in [-0.4, -0.2) is 6.10 Å². The molecule has 0 heterocycles. The van der Waals surface area contributed by atoms with E-state index in [0.29, 0.717) is 10.2 Å². The van der Waals surface area contributed by atoms with Gasteiger partial charge in [-0.15, -0.1) is 0 Å². The van der Waals surface area contributed by atoms with Crippen LogP contribution in [0, 0.1) is 5.82 Å². The monoisotopic (exact) mass is 232 g/mol.